The fourth-order valence-electron chi connectivity index (χ4n) is 3.07. The van der Waals surface area contributed by atoms with Gasteiger partial charge >= 0.3 is 0 Å². The molecule has 0 spiro atoms. The summed E-state index contributed by atoms with van der Waals surface area (Å²) in [5.74, 6) is 1.20. The number of anilines is 1. The first-order chi connectivity index (χ1) is 15.2. The first-order valence-corrected chi connectivity index (χ1v) is 10.6. The van der Waals surface area contributed by atoms with Crippen molar-refractivity contribution in [3.8, 4) is 22.0 Å². The van der Waals surface area contributed by atoms with E-state index in [4.69, 9.17) is 4.42 Å². The first kappa shape index (κ1) is 19.1. The van der Waals surface area contributed by atoms with E-state index in [1.165, 1.54) is 0 Å². The van der Waals surface area contributed by atoms with Gasteiger partial charge in [-0.3, -0.25) is 4.79 Å². The summed E-state index contributed by atoms with van der Waals surface area (Å²) in [5, 5.41) is 11.8. The maximum Gasteiger partial charge on any atom is 0.247 e. The molecule has 0 aliphatic rings. The summed E-state index contributed by atoms with van der Waals surface area (Å²) in [7, 11) is 0. The Morgan fingerprint density at radius 2 is 1.77 bits per heavy atom. The monoisotopic (exact) mass is 427 g/mol. The molecule has 3 heterocycles. The Kier molecular flexibility index (Phi) is 5.20. The standard InChI is InChI=1S/C23H17N5O2S/c29-20(12-13-21-27-28-22(30-21)15-6-2-1-3-7-15)26-19-11-10-16(14-24-19)23-25-17-8-4-5-9-18(17)31-23/h1-11,14H,12-13H2,(H,24,26,29). The van der Waals surface area contributed by atoms with E-state index in [1.807, 2.05) is 60.7 Å². The van der Waals surface area contributed by atoms with Crippen molar-refractivity contribution in [2.75, 3.05) is 5.32 Å². The van der Waals surface area contributed by atoms with Crippen LogP contribution < -0.4 is 5.32 Å². The van der Waals surface area contributed by atoms with Crippen molar-refractivity contribution in [1.82, 2.24) is 20.2 Å². The van der Waals surface area contributed by atoms with E-state index in [9.17, 15) is 4.79 Å². The van der Waals surface area contributed by atoms with E-state index in [0.29, 0.717) is 24.0 Å². The van der Waals surface area contributed by atoms with Gasteiger partial charge in [-0.1, -0.05) is 30.3 Å². The second kappa shape index (κ2) is 8.45. The average molecular weight is 427 g/mol. The van der Waals surface area contributed by atoms with E-state index >= 15 is 0 Å². The molecule has 0 aliphatic carbocycles. The van der Waals surface area contributed by atoms with Crippen LogP contribution in [-0.4, -0.2) is 26.1 Å². The molecule has 0 radical (unpaired) electrons. The molecule has 0 bridgehead atoms. The molecule has 0 fully saturated rings. The van der Waals surface area contributed by atoms with E-state index in [0.717, 1.165) is 26.4 Å². The molecule has 0 aliphatic heterocycles. The van der Waals surface area contributed by atoms with Crippen LogP contribution in [-0.2, 0) is 11.2 Å². The van der Waals surface area contributed by atoms with E-state index < -0.39 is 0 Å². The molecule has 0 saturated heterocycles. The number of aromatic nitrogens is 4. The Hall–Kier alpha value is -3.91. The van der Waals surface area contributed by atoms with Gasteiger partial charge in [-0.05, 0) is 36.4 Å². The lowest BCUT2D eigenvalue weighted by Gasteiger charge is -2.04. The fraction of sp³-hybridized carbons (Fsp3) is 0.0870. The van der Waals surface area contributed by atoms with Crippen molar-refractivity contribution in [3.05, 3.63) is 78.8 Å². The number of amides is 1. The maximum absolute atomic E-state index is 12.3. The molecule has 0 unspecified atom stereocenters. The summed E-state index contributed by atoms with van der Waals surface area (Å²) in [5.41, 5.74) is 2.73. The first-order valence-electron chi connectivity index (χ1n) is 9.74. The zero-order valence-electron chi connectivity index (χ0n) is 16.4. The number of hydrogen-bond acceptors (Lipinski definition) is 7. The van der Waals surface area contributed by atoms with Crippen molar-refractivity contribution in [1.29, 1.82) is 0 Å². The minimum Gasteiger partial charge on any atom is -0.421 e. The van der Waals surface area contributed by atoms with Crippen LogP contribution in [0.1, 0.15) is 12.3 Å². The third-order valence-corrected chi connectivity index (χ3v) is 5.71. The molecule has 2 aromatic carbocycles. The third kappa shape index (κ3) is 4.34. The average Bonchev–Trinajstić information content (AvgIpc) is 3.46. The minimum atomic E-state index is -0.167. The lowest BCUT2D eigenvalue weighted by Crippen LogP contribution is -2.13. The highest BCUT2D eigenvalue weighted by Crippen LogP contribution is 2.29. The predicted molar refractivity (Wildman–Crippen MR) is 120 cm³/mol. The van der Waals surface area contributed by atoms with E-state index in [-0.39, 0.29) is 12.3 Å². The number of para-hydroxylation sites is 1. The molecule has 1 N–H and O–H groups in total. The molecule has 5 rings (SSSR count). The molecule has 5 aromatic rings. The van der Waals surface area contributed by atoms with Crippen LogP contribution >= 0.6 is 11.3 Å². The molecule has 0 saturated carbocycles. The molecular formula is C23H17N5O2S. The van der Waals surface area contributed by atoms with Gasteiger partial charge in [0.25, 0.3) is 0 Å². The number of nitrogens with zero attached hydrogens (tertiary/aromatic N) is 4. The number of carbonyl (C=O) groups excluding carboxylic acids is 1. The number of aryl methyl sites for hydroxylation is 1. The van der Waals surface area contributed by atoms with Crippen molar-refractivity contribution in [2.24, 2.45) is 0 Å². The highest BCUT2D eigenvalue weighted by Gasteiger charge is 2.11. The van der Waals surface area contributed by atoms with E-state index in [2.05, 4.69) is 25.5 Å². The molecule has 8 heteroatoms. The van der Waals surface area contributed by atoms with Gasteiger partial charge in [0.1, 0.15) is 10.8 Å². The zero-order valence-corrected chi connectivity index (χ0v) is 17.2. The van der Waals surface area contributed by atoms with Crippen molar-refractivity contribution in [2.45, 2.75) is 12.8 Å². The van der Waals surface area contributed by atoms with Crippen LogP contribution in [0, 0.1) is 0 Å². The fourth-order valence-corrected chi connectivity index (χ4v) is 4.02. The molecule has 0 atom stereocenters. The van der Waals surface area contributed by atoms with Gasteiger partial charge in [-0.15, -0.1) is 21.5 Å². The minimum absolute atomic E-state index is 0.167. The van der Waals surface area contributed by atoms with Crippen molar-refractivity contribution < 1.29 is 9.21 Å². The van der Waals surface area contributed by atoms with Crippen molar-refractivity contribution >= 4 is 33.3 Å². The number of thiazole rings is 1. The van der Waals surface area contributed by atoms with Crippen molar-refractivity contribution in [3.63, 3.8) is 0 Å². The zero-order chi connectivity index (χ0) is 21.0. The number of carbonyl (C=O) groups is 1. The number of pyridine rings is 1. The Balaban J connectivity index is 1.18. The third-order valence-electron chi connectivity index (χ3n) is 4.63. The van der Waals surface area contributed by atoms with Gasteiger partial charge in [-0.25, -0.2) is 9.97 Å². The van der Waals surface area contributed by atoms with Crippen LogP contribution in [0.25, 0.3) is 32.2 Å². The number of benzene rings is 2. The highest BCUT2D eigenvalue weighted by atomic mass is 32.1. The van der Waals surface area contributed by atoms with Crippen LogP contribution in [0.15, 0.2) is 77.3 Å². The SMILES string of the molecule is O=C(CCc1nnc(-c2ccccc2)o1)Nc1ccc(-c2nc3ccccc3s2)cn1. The summed E-state index contributed by atoms with van der Waals surface area (Å²) >= 11 is 1.61. The van der Waals surface area contributed by atoms with Gasteiger partial charge < -0.3 is 9.73 Å². The van der Waals surface area contributed by atoms with Gasteiger partial charge in [0.05, 0.1) is 10.2 Å². The summed E-state index contributed by atoms with van der Waals surface area (Å²) in [4.78, 5) is 21.3. The van der Waals surface area contributed by atoms with Gasteiger partial charge in [0.2, 0.25) is 17.7 Å². The quantitative estimate of drug-likeness (QED) is 0.411. The van der Waals surface area contributed by atoms with Gasteiger partial charge in [0, 0.05) is 30.2 Å². The maximum atomic E-state index is 12.3. The highest BCUT2D eigenvalue weighted by molar-refractivity contribution is 7.21. The Morgan fingerprint density at radius 1 is 0.935 bits per heavy atom. The van der Waals surface area contributed by atoms with E-state index in [1.54, 1.807) is 23.6 Å². The van der Waals surface area contributed by atoms with Crippen LogP contribution in [0.3, 0.4) is 0 Å². The molecule has 152 valence electrons. The molecule has 7 nitrogen and oxygen atoms in total. The van der Waals surface area contributed by atoms with Crippen LogP contribution in [0.5, 0.6) is 0 Å². The molecule has 1 amide bonds. The summed E-state index contributed by atoms with van der Waals surface area (Å²) < 4.78 is 6.77. The summed E-state index contributed by atoms with van der Waals surface area (Å²) in [6, 6.07) is 21.2. The molecule has 3 aromatic heterocycles. The Bertz CT molecular complexity index is 1300. The van der Waals surface area contributed by atoms with Crippen LogP contribution in [0.4, 0.5) is 5.82 Å². The number of fused-ring (bicyclic) bond motifs is 1. The normalized spacial score (nSPS) is 11.0. The lowest BCUT2D eigenvalue weighted by atomic mass is 10.2. The van der Waals surface area contributed by atoms with Gasteiger partial charge in [0.15, 0.2) is 0 Å². The summed E-state index contributed by atoms with van der Waals surface area (Å²) in [6.07, 6.45) is 2.30. The second-order valence-electron chi connectivity index (χ2n) is 6.83. The number of rotatable bonds is 6. The number of nitrogens with one attached hydrogen (secondary N) is 1. The lowest BCUT2D eigenvalue weighted by molar-refractivity contribution is -0.116. The largest absolute Gasteiger partial charge is 0.421 e. The molecule has 31 heavy (non-hydrogen) atoms. The topological polar surface area (TPSA) is 93.8 Å². The second-order valence-corrected chi connectivity index (χ2v) is 7.86. The van der Waals surface area contributed by atoms with Gasteiger partial charge in [-0.2, -0.15) is 0 Å². The predicted octanol–water partition coefficient (Wildman–Crippen LogP) is 4.98. The molecular weight excluding hydrogens is 410 g/mol. The number of hydrogen-bond donors (Lipinski definition) is 1. The Morgan fingerprint density at radius 3 is 2.58 bits per heavy atom. The van der Waals surface area contributed by atoms with Crippen LogP contribution in [0.2, 0.25) is 0 Å². The smallest absolute Gasteiger partial charge is 0.247 e. The summed E-state index contributed by atoms with van der Waals surface area (Å²) in [6.45, 7) is 0. The Labute approximate surface area is 181 Å².